The summed E-state index contributed by atoms with van der Waals surface area (Å²) in [6.07, 6.45) is 4.25. The number of carboxylic acid groups (broad SMARTS) is 2. The molecule has 3 aliphatic carbocycles. The fourth-order valence-electron chi connectivity index (χ4n) is 10.6. The maximum atomic E-state index is 12.3. The minimum absolute atomic E-state index is 0.0358. The molecule has 0 aliphatic heterocycles. The molecule has 3 fully saturated rings. The summed E-state index contributed by atoms with van der Waals surface area (Å²) < 4.78 is 12.3. The van der Waals surface area contributed by atoms with Gasteiger partial charge in [-0.05, 0) is 168 Å². The molecule has 12 rings (SSSR count). The van der Waals surface area contributed by atoms with Gasteiger partial charge < -0.3 is 28.7 Å². The number of hydrogen-bond donors (Lipinski definition) is 2. The van der Waals surface area contributed by atoms with Gasteiger partial charge in [0.2, 0.25) is 0 Å². The second kappa shape index (κ2) is 18.8. The number of halogens is 6. The number of carbonyl (C=O) groups excluding carboxylic acids is 1. The first-order chi connectivity index (χ1) is 33.3. The molecular formula is C55H47Cl6N3O6. The zero-order valence-electron chi connectivity index (χ0n) is 38.2. The minimum atomic E-state index is -0.705. The molecule has 0 saturated heterocycles. The third-order valence-corrected chi connectivity index (χ3v) is 15.5. The smallest absolute Gasteiger partial charge is 0.309 e. The Balaban J connectivity index is 0.000000122. The highest BCUT2D eigenvalue weighted by Gasteiger charge is 2.40. The lowest BCUT2D eigenvalue weighted by Crippen LogP contribution is -2.37. The van der Waals surface area contributed by atoms with Crippen molar-refractivity contribution < 1.29 is 29.3 Å². The average molecular weight is 1060 g/mol. The number of esters is 1. The maximum absolute atomic E-state index is 12.3. The van der Waals surface area contributed by atoms with Crippen LogP contribution in [0.3, 0.4) is 0 Å². The average Bonchev–Trinajstić information content (AvgIpc) is 3.83. The molecule has 9 nitrogen and oxygen atoms in total. The molecule has 3 aliphatic rings. The van der Waals surface area contributed by atoms with Crippen LogP contribution in [0.4, 0.5) is 0 Å². The van der Waals surface area contributed by atoms with Gasteiger partial charge in [-0.1, -0.05) is 69.6 Å². The van der Waals surface area contributed by atoms with E-state index in [1.165, 1.54) is 0 Å². The number of ether oxygens (including phenoxy) is 1. The van der Waals surface area contributed by atoms with Crippen LogP contribution < -0.4 is 0 Å². The summed E-state index contributed by atoms with van der Waals surface area (Å²) in [6.45, 7) is 5.71. The van der Waals surface area contributed by atoms with E-state index in [1.807, 2.05) is 130 Å². The molecule has 3 heterocycles. The van der Waals surface area contributed by atoms with Gasteiger partial charge >= 0.3 is 17.9 Å². The third-order valence-electron chi connectivity index (χ3n) is 14.1. The molecule has 2 N–H and O–H groups in total. The van der Waals surface area contributed by atoms with Gasteiger partial charge in [0.25, 0.3) is 0 Å². The minimum Gasteiger partial charge on any atom is -0.481 e. The van der Waals surface area contributed by atoms with Gasteiger partial charge in [-0.25, -0.2) is 0 Å². The molecule has 0 atom stereocenters. The van der Waals surface area contributed by atoms with E-state index in [2.05, 4.69) is 13.7 Å². The number of carbonyl (C=O) groups is 3. The number of aromatic nitrogens is 3. The highest BCUT2D eigenvalue weighted by Crippen LogP contribution is 2.47. The van der Waals surface area contributed by atoms with Crippen molar-refractivity contribution in [3.05, 3.63) is 139 Å². The molecule has 3 aromatic heterocycles. The summed E-state index contributed by atoms with van der Waals surface area (Å²) in [5.74, 6) is -2.02. The van der Waals surface area contributed by atoms with Crippen LogP contribution >= 0.6 is 69.6 Å². The standard InChI is InChI=1S/C21H21Cl2NO2.2C17H13Cl2NO2/c1-21(2,3)26-20(25)12-8-15(9-12)24-18-6-4-13(22)10-16(18)17-11-14(23)5-7-19(17)24;2*18-10-1-3-15-13(7-10)14-8-11(19)2-4-16(14)20(15)12-5-9(6-12)17(21)22/h4-7,10-12,15H,8-9H2,1-3H3;2*1-4,7-9,12H,5-6H2,(H,21,22). The first-order valence-corrected chi connectivity index (χ1v) is 25.4. The van der Waals surface area contributed by atoms with E-state index in [4.69, 9.17) is 84.6 Å². The molecule has 6 aromatic carbocycles. The highest BCUT2D eigenvalue weighted by molar-refractivity contribution is 6.35. The Labute approximate surface area is 433 Å². The zero-order valence-corrected chi connectivity index (χ0v) is 42.8. The number of rotatable bonds is 6. The first-order valence-electron chi connectivity index (χ1n) is 23.2. The number of nitrogens with zero attached hydrogens (tertiary/aromatic N) is 3. The second-order valence-electron chi connectivity index (χ2n) is 19.8. The summed E-state index contributed by atoms with van der Waals surface area (Å²) in [7, 11) is 0. The predicted molar refractivity (Wildman–Crippen MR) is 285 cm³/mol. The van der Waals surface area contributed by atoms with Gasteiger partial charge in [0.1, 0.15) is 5.60 Å². The molecule has 360 valence electrons. The summed E-state index contributed by atoms with van der Waals surface area (Å²) in [5.41, 5.74) is 6.12. The quantitative estimate of drug-likeness (QED) is 0.160. The van der Waals surface area contributed by atoms with Crippen molar-refractivity contribution in [1.82, 2.24) is 13.7 Å². The lowest BCUT2D eigenvalue weighted by Gasteiger charge is -2.37. The van der Waals surface area contributed by atoms with Crippen LogP contribution in [-0.4, -0.2) is 47.4 Å². The second-order valence-corrected chi connectivity index (χ2v) is 22.4. The fourth-order valence-corrected chi connectivity index (χ4v) is 11.6. The van der Waals surface area contributed by atoms with Crippen LogP contribution in [0.1, 0.15) is 77.4 Å². The van der Waals surface area contributed by atoms with Crippen LogP contribution in [0.2, 0.25) is 30.1 Å². The van der Waals surface area contributed by atoms with Crippen molar-refractivity contribution in [2.45, 2.75) is 83.0 Å². The summed E-state index contributed by atoms with van der Waals surface area (Å²) in [4.78, 5) is 34.4. The molecule has 3 saturated carbocycles. The Hall–Kier alpha value is -5.13. The van der Waals surface area contributed by atoms with E-state index < -0.39 is 17.5 Å². The van der Waals surface area contributed by atoms with Gasteiger partial charge in [0.05, 0.1) is 17.8 Å². The van der Waals surface area contributed by atoms with E-state index >= 15 is 0 Å². The lowest BCUT2D eigenvalue weighted by atomic mass is 9.80. The molecule has 15 heteroatoms. The van der Waals surface area contributed by atoms with Gasteiger partial charge in [-0.15, -0.1) is 0 Å². The third kappa shape index (κ3) is 9.18. The summed E-state index contributed by atoms with van der Waals surface area (Å²) in [6, 6.07) is 35.8. The Morgan fingerprint density at radius 1 is 0.414 bits per heavy atom. The lowest BCUT2D eigenvalue weighted by molar-refractivity contribution is -0.164. The van der Waals surface area contributed by atoms with Crippen molar-refractivity contribution in [2.75, 3.05) is 0 Å². The van der Waals surface area contributed by atoms with E-state index in [0.29, 0.717) is 55.8 Å². The van der Waals surface area contributed by atoms with Crippen molar-refractivity contribution in [3.8, 4) is 0 Å². The molecule has 70 heavy (non-hydrogen) atoms. The Kier molecular flexibility index (Phi) is 13.0. The maximum Gasteiger partial charge on any atom is 0.309 e. The van der Waals surface area contributed by atoms with Crippen LogP contribution in [0.5, 0.6) is 0 Å². The Morgan fingerprint density at radius 3 is 0.829 bits per heavy atom. The largest absolute Gasteiger partial charge is 0.481 e. The molecule has 0 bridgehead atoms. The van der Waals surface area contributed by atoms with E-state index in [0.717, 1.165) is 78.3 Å². The van der Waals surface area contributed by atoms with Gasteiger partial charge in [0.15, 0.2) is 0 Å². The van der Waals surface area contributed by atoms with Gasteiger partial charge in [0, 0.05) is 114 Å². The number of aliphatic carboxylic acids is 2. The van der Waals surface area contributed by atoms with Crippen LogP contribution in [0, 0.1) is 17.8 Å². The first kappa shape index (κ1) is 48.5. The molecule has 0 radical (unpaired) electrons. The van der Waals surface area contributed by atoms with Crippen molar-refractivity contribution in [1.29, 1.82) is 0 Å². The molecule has 0 spiro atoms. The zero-order chi connectivity index (χ0) is 49.5. The highest BCUT2D eigenvalue weighted by atomic mass is 35.5. The topological polar surface area (TPSA) is 116 Å². The fraction of sp³-hybridized carbons (Fsp3) is 0.291. The molecule has 0 unspecified atom stereocenters. The summed E-state index contributed by atoms with van der Waals surface area (Å²) >= 11 is 37.0. The number of fused-ring (bicyclic) bond motifs is 9. The van der Waals surface area contributed by atoms with Crippen LogP contribution in [-0.2, 0) is 19.1 Å². The normalized spacial score (nSPS) is 20.9. The predicted octanol–water partition coefficient (Wildman–Crippen LogP) is 16.7. The monoisotopic (exact) mass is 1060 g/mol. The van der Waals surface area contributed by atoms with Crippen molar-refractivity contribution >= 4 is 153 Å². The number of hydrogen-bond acceptors (Lipinski definition) is 4. The van der Waals surface area contributed by atoms with Crippen LogP contribution in [0.25, 0.3) is 65.4 Å². The Bertz CT molecular complexity index is 3240. The van der Waals surface area contributed by atoms with E-state index in [9.17, 15) is 14.4 Å². The molecule has 9 aromatic rings. The Morgan fingerprint density at radius 2 is 0.629 bits per heavy atom. The molecule has 0 amide bonds. The van der Waals surface area contributed by atoms with Gasteiger partial charge in [-0.3, -0.25) is 14.4 Å². The van der Waals surface area contributed by atoms with E-state index in [-0.39, 0.29) is 41.8 Å². The SMILES string of the molecule is CC(C)(C)OC(=O)C1CC(n2c3ccc(Cl)cc3c3cc(Cl)ccc32)C1.O=C(O)C1CC(n2c3ccc(Cl)cc3c3cc(Cl)ccc32)C1.O=C(O)C1CC(n2c3ccc(Cl)cc3c3cc(Cl)ccc32)C1. The van der Waals surface area contributed by atoms with Crippen molar-refractivity contribution in [2.24, 2.45) is 17.8 Å². The van der Waals surface area contributed by atoms with Gasteiger partial charge in [-0.2, -0.15) is 0 Å². The summed E-state index contributed by atoms with van der Waals surface area (Å²) in [5, 5.41) is 28.8. The van der Waals surface area contributed by atoms with Crippen LogP contribution in [0.15, 0.2) is 109 Å². The molecular weight excluding hydrogens is 1010 g/mol. The van der Waals surface area contributed by atoms with E-state index in [1.54, 1.807) is 0 Å². The van der Waals surface area contributed by atoms with Crippen molar-refractivity contribution in [3.63, 3.8) is 0 Å². The number of benzene rings is 6. The number of carboxylic acids is 2.